The van der Waals surface area contributed by atoms with Gasteiger partial charge in [-0.15, -0.1) is 6.58 Å². The highest BCUT2D eigenvalue weighted by Crippen LogP contribution is 2.27. The second-order valence-corrected chi connectivity index (χ2v) is 6.93. The Hall–Kier alpha value is -2.17. The molecule has 0 bridgehead atoms. The van der Waals surface area contributed by atoms with Crippen molar-refractivity contribution >= 4 is 27.7 Å². The van der Waals surface area contributed by atoms with Gasteiger partial charge in [-0.3, -0.25) is 4.90 Å². The first-order chi connectivity index (χ1) is 12.1. The first kappa shape index (κ1) is 19.2. The Morgan fingerprint density at radius 3 is 2.88 bits per heavy atom. The highest BCUT2D eigenvalue weighted by atomic mass is 32.1. The van der Waals surface area contributed by atoms with Crippen molar-refractivity contribution in [2.45, 2.75) is 13.8 Å². The van der Waals surface area contributed by atoms with Gasteiger partial charge in [-0.2, -0.15) is 4.37 Å². The fourth-order valence-electron chi connectivity index (χ4n) is 2.24. The van der Waals surface area contributed by atoms with Gasteiger partial charge in [0, 0.05) is 18.5 Å². The van der Waals surface area contributed by atoms with Crippen LogP contribution in [0.15, 0.2) is 60.7 Å². The van der Waals surface area contributed by atoms with Gasteiger partial charge in [0.15, 0.2) is 0 Å². The fraction of sp³-hybridized carbons (Fsp3) is 0.286. The summed E-state index contributed by atoms with van der Waals surface area (Å²) >= 11 is 1.50. The van der Waals surface area contributed by atoms with Gasteiger partial charge in [0.25, 0.3) is 0 Å². The molecule has 2 aromatic rings. The van der Waals surface area contributed by atoms with E-state index in [0.717, 1.165) is 34.6 Å². The van der Waals surface area contributed by atoms with Crippen molar-refractivity contribution in [2.24, 2.45) is 0 Å². The molecule has 0 unspecified atom stereocenters. The fourth-order valence-corrected chi connectivity index (χ4v) is 3.04. The third-order valence-corrected chi connectivity index (χ3v) is 4.35. The first-order valence-corrected chi connectivity index (χ1v) is 9.15. The van der Waals surface area contributed by atoms with Gasteiger partial charge >= 0.3 is 0 Å². The molecule has 1 heterocycles. The summed E-state index contributed by atoms with van der Waals surface area (Å²) in [4.78, 5) is 2.18. The zero-order valence-corrected chi connectivity index (χ0v) is 16.1. The second kappa shape index (κ2) is 9.97. The lowest BCUT2D eigenvalue weighted by Gasteiger charge is -2.10. The van der Waals surface area contributed by atoms with Gasteiger partial charge in [-0.25, -0.2) is 0 Å². The van der Waals surface area contributed by atoms with Gasteiger partial charge in [-0.1, -0.05) is 36.0 Å². The van der Waals surface area contributed by atoms with Crippen molar-refractivity contribution in [3.8, 4) is 5.75 Å². The van der Waals surface area contributed by atoms with Crippen LogP contribution in [0, 0.1) is 0 Å². The minimum atomic E-state index is 0.569. The van der Waals surface area contributed by atoms with Crippen molar-refractivity contribution in [3.05, 3.63) is 66.4 Å². The summed E-state index contributed by atoms with van der Waals surface area (Å²) in [5, 5.41) is 1.16. The monoisotopic (exact) mass is 354 g/mol. The predicted octanol–water partition coefficient (Wildman–Crippen LogP) is 5.33. The molecule has 0 radical (unpaired) electrons. The molecule has 0 N–H and O–H groups in total. The van der Waals surface area contributed by atoms with Crippen LogP contribution in [0.25, 0.3) is 16.2 Å². The van der Waals surface area contributed by atoms with Crippen LogP contribution in [0.3, 0.4) is 0 Å². The zero-order chi connectivity index (χ0) is 18.1. The molecule has 0 aliphatic heterocycles. The van der Waals surface area contributed by atoms with E-state index in [-0.39, 0.29) is 0 Å². The number of allylic oxidation sites excluding steroid dienone is 3. The number of hydrogen-bond donors (Lipinski definition) is 0. The Morgan fingerprint density at radius 2 is 2.12 bits per heavy atom. The molecule has 0 amide bonds. The van der Waals surface area contributed by atoms with Crippen LogP contribution in [0.1, 0.15) is 19.5 Å². The number of ether oxygens (including phenoxy) is 1. The Kier molecular flexibility index (Phi) is 7.64. The molecule has 0 saturated heterocycles. The van der Waals surface area contributed by atoms with Crippen molar-refractivity contribution < 1.29 is 4.74 Å². The number of rotatable bonds is 9. The zero-order valence-electron chi connectivity index (χ0n) is 15.2. The predicted molar refractivity (Wildman–Crippen MR) is 110 cm³/mol. The third-order valence-electron chi connectivity index (χ3n) is 3.53. The standard InChI is InChI=1S/C21H26N2OS/c1-5-13-23(4)14-6-7-15-24-18-11-12-19-20(10-8-9-17(2)3)22-25-21(19)16-18/h5-12,16H,1,13-15H2,2-4H3/b7-6+,10-8+. The molecular formula is C21H26N2OS. The highest BCUT2D eigenvalue weighted by molar-refractivity contribution is 7.13. The summed E-state index contributed by atoms with van der Waals surface area (Å²) in [5.74, 6) is 0.875. The van der Waals surface area contributed by atoms with Crippen molar-refractivity contribution in [1.82, 2.24) is 9.27 Å². The van der Waals surface area contributed by atoms with E-state index in [4.69, 9.17) is 4.74 Å². The maximum absolute atomic E-state index is 5.80. The van der Waals surface area contributed by atoms with E-state index in [2.05, 4.69) is 67.1 Å². The van der Waals surface area contributed by atoms with Crippen LogP contribution >= 0.6 is 11.5 Å². The van der Waals surface area contributed by atoms with Crippen LogP contribution in [-0.2, 0) is 0 Å². The quantitative estimate of drug-likeness (QED) is 0.450. The van der Waals surface area contributed by atoms with Gasteiger partial charge in [0.1, 0.15) is 12.4 Å². The molecule has 0 spiro atoms. The molecular weight excluding hydrogens is 328 g/mol. The van der Waals surface area contributed by atoms with Gasteiger partial charge in [0.05, 0.1) is 10.4 Å². The molecule has 4 heteroatoms. The highest BCUT2D eigenvalue weighted by Gasteiger charge is 2.04. The average molecular weight is 355 g/mol. The van der Waals surface area contributed by atoms with E-state index in [9.17, 15) is 0 Å². The smallest absolute Gasteiger partial charge is 0.121 e. The van der Waals surface area contributed by atoms with Crippen molar-refractivity contribution in [3.63, 3.8) is 0 Å². The average Bonchev–Trinajstić information content (AvgIpc) is 2.97. The summed E-state index contributed by atoms with van der Waals surface area (Å²) in [5.41, 5.74) is 2.28. The number of nitrogens with zero attached hydrogens (tertiary/aromatic N) is 2. The molecule has 3 nitrogen and oxygen atoms in total. The maximum atomic E-state index is 5.80. The van der Waals surface area contributed by atoms with Crippen LogP contribution in [0.2, 0.25) is 0 Å². The van der Waals surface area contributed by atoms with E-state index in [1.807, 2.05) is 24.3 Å². The molecule has 0 saturated carbocycles. The van der Waals surface area contributed by atoms with E-state index in [1.165, 1.54) is 17.1 Å². The molecule has 0 aliphatic rings. The lowest BCUT2D eigenvalue weighted by molar-refractivity contribution is 0.361. The Bertz CT molecular complexity index is 782. The Balaban J connectivity index is 1.93. The molecule has 0 aliphatic carbocycles. The molecule has 25 heavy (non-hydrogen) atoms. The second-order valence-electron chi connectivity index (χ2n) is 6.12. The number of fused-ring (bicyclic) bond motifs is 1. The van der Waals surface area contributed by atoms with Gasteiger partial charge < -0.3 is 4.74 Å². The van der Waals surface area contributed by atoms with Crippen LogP contribution < -0.4 is 4.74 Å². The minimum absolute atomic E-state index is 0.569. The summed E-state index contributed by atoms with van der Waals surface area (Å²) in [6.45, 7) is 10.2. The van der Waals surface area contributed by atoms with E-state index < -0.39 is 0 Å². The molecule has 132 valence electrons. The van der Waals surface area contributed by atoms with Gasteiger partial charge in [-0.05, 0) is 56.7 Å². The molecule has 1 aromatic heterocycles. The summed E-state index contributed by atoms with van der Waals surface area (Å²) < 4.78 is 11.5. The maximum Gasteiger partial charge on any atom is 0.121 e. The number of aromatic nitrogens is 1. The van der Waals surface area contributed by atoms with E-state index in [1.54, 1.807) is 0 Å². The summed E-state index contributed by atoms with van der Waals surface area (Å²) in [7, 11) is 2.06. The number of likely N-dealkylation sites (N-methyl/N-ethyl adjacent to an activating group) is 1. The SMILES string of the molecule is C=CCN(C)C/C=C/COc1ccc2c(/C=C/C=C(C)C)nsc2c1. The number of benzene rings is 1. The van der Waals surface area contributed by atoms with E-state index in [0.29, 0.717) is 6.61 Å². The molecule has 0 fully saturated rings. The lowest BCUT2D eigenvalue weighted by atomic mass is 10.2. The molecule has 0 atom stereocenters. The topological polar surface area (TPSA) is 25.4 Å². The van der Waals surface area contributed by atoms with Crippen LogP contribution in [-0.4, -0.2) is 36.0 Å². The van der Waals surface area contributed by atoms with E-state index >= 15 is 0 Å². The normalized spacial score (nSPS) is 11.7. The largest absolute Gasteiger partial charge is 0.489 e. The minimum Gasteiger partial charge on any atom is -0.489 e. The molecule has 2 rings (SSSR count). The number of hydrogen-bond acceptors (Lipinski definition) is 4. The summed E-state index contributed by atoms with van der Waals surface area (Å²) in [6.07, 6.45) is 12.2. The Labute approximate surface area is 154 Å². The van der Waals surface area contributed by atoms with Crippen LogP contribution in [0.5, 0.6) is 5.75 Å². The third kappa shape index (κ3) is 6.33. The van der Waals surface area contributed by atoms with Crippen molar-refractivity contribution in [2.75, 3.05) is 26.7 Å². The van der Waals surface area contributed by atoms with Crippen molar-refractivity contribution in [1.29, 1.82) is 0 Å². The van der Waals surface area contributed by atoms with Crippen LogP contribution in [0.4, 0.5) is 0 Å². The molecule has 1 aromatic carbocycles. The first-order valence-electron chi connectivity index (χ1n) is 8.38. The Morgan fingerprint density at radius 1 is 1.28 bits per heavy atom. The summed E-state index contributed by atoms with van der Waals surface area (Å²) in [6, 6.07) is 6.15. The van der Waals surface area contributed by atoms with Gasteiger partial charge in [0.2, 0.25) is 0 Å². The lowest BCUT2D eigenvalue weighted by Crippen LogP contribution is -2.17.